The van der Waals surface area contributed by atoms with Crippen LogP contribution in [0.2, 0.25) is 0 Å². The SMILES string of the molecule is CC1(C)CC(CN2CCN(C(=O)OCc3cccc(Br)c3)C2=N[N+](=O)[O-])CO1. The largest absolute Gasteiger partial charge is 0.444 e. The number of carbonyl (C=O) groups is 1. The molecule has 1 aromatic carbocycles. The maximum absolute atomic E-state index is 12.5. The van der Waals surface area contributed by atoms with Gasteiger partial charge in [0.25, 0.3) is 5.96 Å². The third-order valence-corrected chi connectivity index (χ3v) is 5.22. The molecule has 0 radical (unpaired) electrons. The quantitative estimate of drug-likeness (QED) is 0.500. The van der Waals surface area contributed by atoms with Crippen molar-refractivity contribution in [1.29, 1.82) is 0 Å². The van der Waals surface area contributed by atoms with E-state index >= 15 is 0 Å². The molecule has 0 aromatic heterocycles. The van der Waals surface area contributed by atoms with E-state index in [-0.39, 0.29) is 24.1 Å². The first-order valence-corrected chi connectivity index (χ1v) is 9.83. The highest BCUT2D eigenvalue weighted by Crippen LogP contribution is 2.30. The number of halogens is 1. The molecule has 0 aliphatic carbocycles. The molecule has 3 rings (SSSR count). The first-order valence-electron chi connectivity index (χ1n) is 9.04. The van der Waals surface area contributed by atoms with Gasteiger partial charge in [-0.15, -0.1) is 0 Å². The van der Waals surface area contributed by atoms with E-state index in [0.29, 0.717) is 26.2 Å². The highest BCUT2D eigenvalue weighted by molar-refractivity contribution is 9.10. The zero-order valence-corrected chi connectivity index (χ0v) is 17.4. The van der Waals surface area contributed by atoms with Crippen LogP contribution in [0.4, 0.5) is 4.79 Å². The number of nitrogens with zero attached hydrogens (tertiary/aromatic N) is 4. The van der Waals surface area contributed by atoms with Crippen LogP contribution in [-0.2, 0) is 16.1 Å². The minimum absolute atomic E-state index is 0.0222. The Hall–Kier alpha value is -2.20. The topological polar surface area (TPSA) is 97.5 Å². The number of hydrazone groups is 1. The predicted octanol–water partition coefficient (Wildman–Crippen LogP) is 3.07. The zero-order valence-electron chi connectivity index (χ0n) is 15.8. The number of carbonyl (C=O) groups excluding carboxylic acids is 1. The summed E-state index contributed by atoms with van der Waals surface area (Å²) in [6.07, 6.45) is 0.203. The summed E-state index contributed by atoms with van der Waals surface area (Å²) >= 11 is 3.37. The fourth-order valence-electron chi connectivity index (χ4n) is 3.56. The highest BCUT2D eigenvalue weighted by atomic mass is 79.9. The van der Waals surface area contributed by atoms with Gasteiger partial charge in [0.05, 0.1) is 18.8 Å². The molecule has 0 N–H and O–H groups in total. The minimum Gasteiger partial charge on any atom is -0.444 e. The molecular weight excluding hydrogens is 432 g/mol. The minimum atomic E-state index is -0.780. The van der Waals surface area contributed by atoms with Crippen molar-refractivity contribution in [3.8, 4) is 0 Å². The summed E-state index contributed by atoms with van der Waals surface area (Å²) < 4.78 is 12.0. The fraction of sp³-hybridized carbons (Fsp3) is 0.556. The lowest BCUT2D eigenvalue weighted by molar-refractivity contribution is -0.486. The van der Waals surface area contributed by atoms with Gasteiger partial charge in [0, 0.05) is 23.5 Å². The van der Waals surface area contributed by atoms with Crippen molar-refractivity contribution in [3.05, 3.63) is 44.4 Å². The summed E-state index contributed by atoms with van der Waals surface area (Å²) in [6, 6.07) is 7.40. The molecule has 1 unspecified atom stereocenters. The van der Waals surface area contributed by atoms with Crippen molar-refractivity contribution >= 4 is 28.0 Å². The first kappa shape index (κ1) is 20.5. The van der Waals surface area contributed by atoms with Crippen LogP contribution in [0.5, 0.6) is 0 Å². The normalized spacial score (nSPS) is 22.7. The van der Waals surface area contributed by atoms with Gasteiger partial charge in [-0.1, -0.05) is 28.1 Å². The Balaban J connectivity index is 1.65. The molecule has 2 saturated heterocycles. The summed E-state index contributed by atoms with van der Waals surface area (Å²) in [4.78, 5) is 26.5. The van der Waals surface area contributed by atoms with Crippen molar-refractivity contribution < 1.29 is 19.3 Å². The number of benzene rings is 1. The van der Waals surface area contributed by atoms with E-state index in [4.69, 9.17) is 9.47 Å². The molecule has 10 heteroatoms. The van der Waals surface area contributed by atoms with E-state index in [0.717, 1.165) is 16.5 Å². The van der Waals surface area contributed by atoms with E-state index < -0.39 is 11.1 Å². The Morgan fingerprint density at radius 1 is 1.46 bits per heavy atom. The van der Waals surface area contributed by atoms with E-state index in [2.05, 4.69) is 21.0 Å². The smallest absolute Gasteiger partial charge is 0.417 e. The second-order valence-corrected chi connectivity index (χ2v) is 8.48. The number of ether oxygens (including phenoxy) is 2. The molecule has 1 amide bonds. The summed E-state index contributed by atoms with van der Waals surface area (Å²) in [5.41, 5.74) is 0.616. The molecule has 1 aromatic rings. The molecular formula is C18H23BrN4O5. The second kappa shape index (κ2) is 8.44. The Morgan fingerprint density at radius 2 is 2.25 bits per heavy atom. The number of hydrogen-bond acceptors (Lipinski definition) is 5. The number of amides is 1. The van der Waals surface area contributed by atoms with Crippen LogP contribution in [0.1, 0.15) is 25.8 Å². The maximum Gasteiger partial charge on any atom is 0.417 e. The Morgan fingerprint density at radius 3 is 2.89 bits per heavy atom. The predicted molar refractivity (Wildman–Crippen MR) is 105 cm³/mol. The molecule has 2 heterocycles. The van der Waals surface area contributed by atoms with Gasteiger partial charge in [0.1, 0.15) is 11.7 Å². The zero-order chi connectivity index (χ0) is 20.3. The molecule has 2 fully saturated rings. The second-order valence-electron chi connectivity index (χ2n) is 7.56. The van der Waals surface area contributed by atoms with Crippen LogP contribution in [0, 0.1) is 16.0 Å². The molecule has 2 aliphatic rings. The van der Waals surface area contributed by atoms with Gasteiger partial charge >= 0.3 is 6.09 Å². The summed E-state index contributed by atoms with van der Waals surface area (Å²) in [5.74, 6) is 0.249. The number of guanidine groups is 1. The van der Waals surface area contributed by atoms with Crippen molar-refractivity contribution in [2.24, 2.45) is 11.0 Å². The van der Waals surface area contributed by atoms with E-state index in [1.54, 1.807) is 4.90 Å². The fourth-order valence-corrected chi connectivity index (χ4v) is 4.01. The van der Waals surface area contributed by atoms with Gasteiger partial charge in [-0.25, -0.2) is 19.8 Å². The molecule has 28 heavy (non-hydrogen) atoms. The monoisotopic (exact) mass is 454 g/mol. The van der Waals surface area contributed by atoms with Crippen LogP contribution in [-0.4, -0.2) is 58.7 Å². The average Bonchev–Trinajstić information content (AvgIpc) is 3.15. The number of hydrogen-bond donors (Lipinski definition) is 0. The van der Waals surface area contributed by atoms with Gasteiger partial charge in [-0.2, -0.15) is 0 Å². The first-order chi connectivity index (χ1) is 13.2. The van der Waals surface area contributed by atoms with Crippen molar-refractivity contribution in [2.45, 2.75) is 32.5 Å². The summed E-state index contributed by atoms with van der Waals surface area (Å²) in [6.45, 7) is 6.01. The third-order valence-electron chi connectivity index (χ3n) is 4.73. The van der Waals surface area contributed by atoms with Crippen LogP contribution in [0.25, 0.3) is 0 Å². The number of rotatable bonds is 5. The van der Waals surface area contributed by atoms with Gasteiger partial charge in [-0.3, -0.25) is 0 Å². The van der Waals surface area contributed by atoms with Gasteiger partial charge in [0.2, 0.25) is 0 Å². The van der Waals surface area contributed by atoms with Crippen molar-refractivity contribution in [3.63, 3.8) is 0 Å². The highest BCUT2D eigenvalue weighted by Gasteiger charge is 2.39. The van der Waals surface area contributed by atoms with Crippen LogP contribution in [0.3, 0.4) is 0 Å². The van der Waals surface area contributed by atoms with Crippen LogP contribution < -0.4 is 0 Å². The average molecular weight is 455 g/mol. The molecule has 2 aliphatic heterocycles. The molecule has 152 valence electrons. The Bertz CT molecular complexity index is 785. The lowest BCUT2D eigenvalue weighted by Gasteiger charge is -2.22. The van der Waals surface area contributed by atoms with E-state index in [1.165, 1.54) is 4.90 Å². The lowest BCUT2D eigenvalue weighted by Crippen LogP contribution is -2.40. The van der Waals surface area contributed by atoms with Crippen LogP contribution in [0.15, 0.2) is 33.8 Å². The van der Waals surface area contributed by atoms with Gasteiger partial charge in [-0.05, 0) is 38.0 Å². The molecule has 0 bridgehead atoms. The van der Waals surface area contributed by atoms with E-state index in [1.807, 2.05) is 38.1 Å². The maximum atomic E-state index is 12.5. The number of nitro groups is 1. The van der Waals surface area contributed by atoms with Gasteiger partial charge in [0.15, 0.2) is 5.03 Å². The third kappa shape index (κ3) is 5.20. The standard InChI is InChI=1S/C18H23BrN4O5/c1-18(2)9-14(12-28-18)10-21-6-7-22(16(21)20-23(25)26)17(24)27-11-13-4-3-5-15(19)8-13/h3-5,8,14H,6-7,9-12H2,1-2H3. The van der Waals surface area contributed by atoms with E-state index in [9.17, 15) is 14.9 Å². The Labute approximate surface area is 171 Å². The molecule has 0 spiro atoms. The molecule has 0 saturated carbocycles. The molecule has 1 atom stereocenters. The van der Waals surface area contributed by atoms with Gasteiger partial charge < -0.3 is 14.4 Å². The summed E-state index contributed by atoms with van der Waals surface area (Å²) in [5, 5.41) is 13.7. The summed E-state index contributed by atoms with van der Waals surface area (Å²) in [7, 11) is 0. The lowest BCUT2D eigenvalue weighted by atomic mass is 9.97. The van der Waals surface area contributed by atoms with Crippen molar-refractivity contribution in [1.82, 2.24) is 9.80 Å². The molecule has 9 nitrogen and oxygen atoms in total. The van der Waals surface area contributed by atoms with Crippen molar-refractivity contribution in [2.75, 3.05) is 26.2 Å². The van der Waals surface area contributed by atoms with Crippen LogP contribution >= 0.6 is 15.9 Å². The Kier molecular flexibility index (Phi) is 6.19.